The Hall–Kier alpha value is -0.273. The number of halogens is 1. The van der Waals surface area contributed by atoms with Gasteiger partial charge in [-0.25, -0.2) is 0 Å². The molecule has 0 aliphatic carbocycles. The SMILES string of the molecule is C=CC#C[Si](O)(O)Cl. The van der Waals surface area contributed by atoms with Crippen molar-refractivity contribution in [2.75, 3.05) is 0 Å². The summed E-state index contributed by atoms with van der Waals surface area (Å²) in [5.74, 6) is 2.23. The number of rotatable bonds is 0. The number of hydrogen-bond acceptors (Lipinski definition) is 2. The van der Waals surface area contributed by atoms with Gasteiger partial charge in [-0.05, 0) is 11.6 Å². The van der Waals surface area contributed by atoms with Crippen LogP contribution in [0.3, 0.4) is 0 Å². The lowest BCUT2D eigenvalue weighted by Crippen LogP contribution is -2.24. The van der Waals surface area contributed by atoms with Crippen molar-refractivity contribution >= 4 is 18.9 Å². The van der Waals surface area contributed by atoms with Crippen LogP contribution in [0.5, 0.6) is 0 Å². The molecule has 0 saturated heterocycles. The van der Waals surface area contributed by atoms with Crippen molar-refractivity contribution in [1.29, 1.82) is 0 Å². The van der Waals surface area contributed by atoms with E-state index in [4.69, 9.17) is 20.7 Å². The standard InChI is InChI=1S/C4H5ClO2Si/c1-2-3-4-8(5,6)7/h2,6-7H,1H2. The van der Waals surface area contributed by atoms with Crippen LogP contribution in [-0.4, -0.2) is 17.5 Å². The van der Waals surface area contributed by atoms with Gasteiger partial charge in [0.1, 0.15) is 0 Å². The van der Waals surface area contributed by atoms with Crippen LogP contribution in [0.25, 0.3) is 0 Å². The third-order valence-corrected chi connectivity index (χ3v) is 1.08. The van der Waals surface area contributed by atoms with Crippen LogP contribution in [0.4, 0.5) is 0 Å². The lowest BCUT2D eigenvalue weighted by atomic mass is 10.7. The van der Waals surface area contributed by atoms with Gasteiger partial charge in [0.15, 0.2) is 0 Å². The molecule has 2 nitrogen and oxygen atoms in total. The average Bonchev–Trinajstić information content (AvgIpc) is 1.59. The summed E-state index contributed by atoms with van der Waals surface area (Å²) in [5, 5.41) is 0. The maximum absolute atomic E-state index is 8.39. The molecule has 0 aromatic heterocycles. The second-order valence-electron chi connectivity index (χ2n) is 1.06. The van der Waals surface area contributed by atoms with E-state index in [1.807, 2.05) is 5.54 Å². The molecule has 0 saturated carbocycles. The van der Waals surface area contributed by atoms with Gasteiger partial charge in [-0.3, -0.25) is 0 Å². The van der Waals surface area contributed by atoms with Gasteiger partial charge < -0.3 is 9.59 Å². The maximum Gasteiger partial charge on any atom is 0.525 e. The van der Waals surface area contributed by atoms with Gasteiger partial charge in [0.25, 0.3) is 0 Å². The first kappa shape index (κ1) is 7.73. The Morgan fingerprint density at radius 3 is 2.25 bits per heavy atom. The fourth-order valence-electron chi connectivity index (χ4n) is 0.143. The molecule has 0 fully saturated rings. The van der Waals surface area contributed by atoms with Crippen LogP contribution >= 0.6 is 11.1 Å². The Morgan fingerprint density at radius 2 is 2.12 bits per heavy atom. The van der Waals surface area contributed by atoms with Crippen molar-refractivity contribution < 1.29 is 9.59 Å². The Labute approximate surface area is 53.4 Å². The zero-order chi connectivity index (χ0) is 6.62. The minimum atomic E-state index is -3.64. The third kappa shape index (κ3) is 5.73. The Morgan fingerprint density at radius 1 is 1.62 bits per heavy atom. The van der Waals surface area contributed by atoms with Crippen LogP contribution in [-0.2, 0) is 0 Å². The number of hydrogen-bond donors (Lipinski definition) is 2. The normalized spacial score (nSPS) is 9.38. The van der Waals surface area contributed by atoms with E-state index in [-0.39, 0.29) is 0 Å². The molecule has 44 valence electrons. The van der Waals surface area contributed by atoms with E-state index < -0.39 is 7.87 Å². The fraction of sp³-hybridized carbons (Fsp3) is 0. The van der Waals surface area contributed by atoms with Crippen LogP contribution in [0.1, 0.15) is 0 Å². The topological polar surface area (TPSA) is 40.5 Å². The molecule has 0 spiro atoms. The molecule has 0 aromatic rings. The molecule has 0 aliphatic rings. The summed E-state index contributed by atoms with van der Waals surface area (Å²) in [5.41, 5.74) is 2.02. The van der Waals surface area contributed by atoms with Gasteiger partial charge in [-0.1, -0.05) is 23.6 Å². The van der Waals surface area contributed by atoms with Crippen molar-refractivity contribution in [2.45, 2.75) is 0 Å². The lowest BCUT2D eigenvalue weighted by Gasteiger charge is -1.93. The molecule has 0 unspecified atom stereocenters. The van der Waals surface area contributed by atoms with Crippen molar-refractivity contribution in [3.05, 3.63) is 12.7 Å². The van der Waals surface area contributed by atoms with E-state index in [2.05, 4.69) is 12.5 Å². The Balaban J connectivity index is 3.87. The lowest BCUT2D eigenvalue weighted by molar-refractivity contribution is 0.414. The smallest absolute Gasteiger partial charge is 0.390 e. The summed E-state index contributed by atoms with van der Waals surface area (Å²) in [6.45, 7) is 3.23. The van der Waals surface area contributed by atoms with Gasteiger partial charge >= 0.3 is 7.87 Å². The van der Waals surface area contributed by atoms with E-state index >= 15 is 0 Å². The monoisotopic (exact) mass is 148 g/mol. The highest BCUT2D eigenvalue weighted by molar-refractivity contribution is 7.16. The molecular formula is C4H5ClO2Si. The summed E-state index contributed by atoms with van der Waals surface area (Å²) in [6, 6.07) is 0. The van der Waals surface area contributed by atoms with Crippen molar-refractivity contribution in [2.24, 2.45) is 0 Å². The van der Waals surface area contributed by atoms with Gasteiger partial charge in [0.2, 0.25) is 0 Å². The molecule has 4 heteroatoms. The second kappa shape index (κ2) is 2.90. The summed E-state index contributed by atoms with van der Waals surface area (Å²) >= 11 is 4.94. The largest absolute Gasteiger partial charge is 0.525 e. The molecule has 8 heavy (non-hydrogen) atoms. The first-order chi connectivity index (χ1) is 3.56. The Bertz CT molecular complexity index is 138. The molecule has 0 heterocycles. The first-order valence-corrected chi connectivity index (χ1v) is 4.74. The average molecular weight is 149 g/mol. The summed E-state index contributed by atoms with van der Waals surface area (Å²) < 4.78 is 0. The summed E-state index contributed by atoms with van der Waals surface area (Å²) in [4.78, 5) is 16.8. The molecule has 2 N–H and O–H groups in total. The van der Waals surface area contributed by atoms with Crippen LogP contribution in [0.15, 0.2) is 12.7 Å². The molecule has 0 atom stereocenters. The molecule has 0 bridgehead atoms. The molecule has 0 amide bonds. The fourth-order valence-corrected chi connectivity index (χ4v) is 0.592. The maximum atomic E-state index is 8.39. The van der Waals surface area contributed by atoms with Crippen molar-refractivity contribution in [3.8, 4) is 11.5 Å². The van der Waals surface area contributed by atoms with Gasteiger partial charge in [-0.15, -0.1) is 0 Å². The van der Waals surface area contributed by atoms with Crippen LogP contribution < -0.4 is 0 Å². The molecule has 0 radical (unpaired) electrons. The molecule has 0 aromatic carbocycles. The minimum Gasteiger partial charge on any atom is -0.390 e. The third-order valence-electron chi connectivity index (χ3n) is 0.333. The zero-order valence-electron chi connectivity index (χ0n) is 4.06. The van der Waals surface area contributed by atoms with Crippen molar-refractivity contribution in [3.63, 3.8) is 0 Å². The molecule has 0 aliphatic heterocycles. The van der Waals surface area contributed by atoms with E-state index in [0.717, 1.165) is 0 Å². The first-order valence-electron chi connectivity index (χ1n) is 1.83. The zero-order valence-corrected chi connectivity index (χ0v) is 5.81. The van der Waals surface area contributed by atoms with E-state index in [0.29, 0.717) is 0 Å². The van der Waals surface area contributed by atoms with Crippen LogP contribution in [0.2, 0.25) is 0 Å². The highest BCUT2D eigenvalue weighted by Crippen LogP contribution is 1.93. The highest BCUT2D eigenvalue weighted by Gasteiger charge is 2.21. The van der Waals surface area contributed by atoms with E-state index in [1.165, 1.54) is 6.08 Å². The van der Waals surface area contributed by atoms with Gasteiger partial charge in [0.05, 0.1) is 0 Å². The van der Waals surface area contributed by atoms with Gasteiger partial charge in [0, 0.05) is 0 Å². The number of allylic oxidation sites excluding steroid dienone is 1. The summed E-state index contributed by atoms with van der Waals surface area (Å²) in [6.07, 6.45) is 1.25. The van der Waals surface area contributed by atoms with E-state index in [1.54, 1.807) is 0 Å². The molecule has 0 rings (SSSR count). The minimum absolute atomic E-state index is 1.25. The Kier molecular flexibility index (Phi) is 2.80. The van der Waals surface area contributed by atoms with Gasteiger partial charge in [-0.2, -0.15) is 0 Å². The van der Waals surface area contributed by atoms with Crippen molar-refractivity contribution in [1.82, 2.24) is 0 Å². The molecular weight excluding hydrogens is 144 g/mol. The highest BCUT2D eigenvalue weighted by atomic mass is 35.6. The predicted molar refractivity (Wildman–Crippen MR) is 34.0 cm³/mol. The predicted octanol–water partition coefficient (Wildman–Crippen LogP) is -0.123. The van der Waals surface area contributed by atoms with Crippen LogP contribution in [0, 0.1) is 11.5 Å². The second-order valence-corrected chi connectivity index (χ2v) is 4.07. The quantitative estimate of drug-likeness (QED) is 0.286. The van der Waals surface area contributed by atoms with E-state index in [9.17, 15) is 0 Å². The summed E-state index contributed by atoms with van der Waals surface area (Å²) in [7, 11) is -3.64.